The number of phosphoric acid groups is 1. The van der Waals surface area contributed by atoms with Gasteiger partial charge in [0.05, 0.1) is 27.7 Å². The van der Waals surface area contributed by atoms with Gasteiger partial charge in [0.15, 0.2) is 6.10 Å². The Hall–Kier alpha value is -1.51. The number of ether oxygens (including phenoxy) is 2. The molecule has 0 fully saturated rings. The number of hydrogen-bond acceptors (Lipinski definition) is 7. The summed E-state index contributed by atoms with van der Waals surface area (Å²) in [5, 5.41) is 0. The summed E-state index contributed by atoms with van der Waals surface area (Å²) >= 11 is 0. The Kier molecular flexibility index (Phi) is 31.4. The number of hydrogen-bond donors (Lipinski definition) is 1. The molecule has 2 atom stereocenters. The van der Waals surface area contributed by atoms with Crippen molar-refractivity contribution < 1.29 is 42.1 Å². The molecule has 0 spiro atoms. The summed E-state index contributed by atoms with van der Waals surface area (Å²) in [4.78, 5) is 35.1. The molecule has 0 radical (unpaired) electrons. The van der Waals surface area contributed by atoms with Crippen LogP contribution in [0.15, 0.2) is 24.3 Å². The molecule has 0 aromatic rings. The Balaban J connectivity index is 4.45. The monoisotopic (exact) mass is 717 g/mol. The second kappa shape index (κ2) is 32.4. The Bertz CT molecular complexity index is 902. The lowest BCUT2D eigenvalue weighted by atomic mass is 10.1. The molecule has 0 aromatic heterocycles. The van der Waals surface area contributed by atoms with E-state index in [0.717, 1.165) is 77.0 Å². The fourth-order valence-electron chi connectivity index (χ4n) is 5.05. The van der Waals surface area contributed by atoms with E-state index in [-0.39, 0.29) is 32.0 Å². The zero-order chi connectivity index (χ0) is 36.5. The lowest BCUT2D eigenvalue weighted by molar-refractivity contribution is -0.870. The highest BCUT2D eigenvalue weighted by atomic mass is 31.2. The Morgan fingerprint density at radius 3 is 1.57 bits per heavy atom. The number of likely N-dealkylation sites (N-methyl/N-ethyl adjacent to an activating group) is 1. The number of unbranched alkanes of at least 4 members (excludes halogenated alkanes) is 17. The van der Waals surface area contributed by atoms with Crippen LogP contribution >= 0.6 is 7.82 Å². The van der Waals surface area contributed by atoms with Gasteiger partial charge < -0.3 is 18.9 Å². The highest BCUT2D eigenvalue weighted by molar-refractivity contribution is 7.47. The van der Waals surface area contributed by atoms with Gasteiger partial charge >= 0.3 is 19.8 Å². The number of allylic oxidation sites excluding steroid dienone is 4. The second-order valence-corrected chi connectivity index (χ2v) is 15.8. The number of carbonyl (C=O) groups excluding carboxylic acids is 2. The van der Waals surface area contributed by atoms with E-state index in [1.165, 1.54) is 51.4 Å². The van der Waals surface area contributed by atoms with E-state index >= 15 is 0 Å². The molecule has 1 unspecified atom stereocenters. The van der Waals surface area contributed by atoms with Crippen LogP contribution in [-0.4, -0.2) is 74.9 Å². The molecule has 0 aliphatic carbocycles. The second-order valence-electron chi connectivity index (χ2n) is 14.3. The SMILES string of the molecule is CCCC/C=C/CCCCCCCC(=O)OC[C@H](COP(=O)(O)OCC[N+](C)(C)C)OC(=O)CCCCCCC/C=C/CCCCCCC. The van der Waals surface area contributed by atoms with Gasteiger partial charge in [-0.2, -0.15) is 0 Å². The van der Waals surface area contributed by atoms with Gasteiger partial charge in [0, 0.05) is 12.8 Å². The third kappa shape index (κ3) is 36.1. The summed E-state index contributed by atoms with van der Waals surface area (Å²) < 4.78 is 34.1. The summed E-state index contributed by atoms with van der Waals surface area (Å²) in [5.74, 6) is -0.821. The fraction of sp³-hybridized carbons (Fsp3) is 0.846. The van der Waals surface area contributed by atoms with Crippen LogP contribution in [0.5, 0.6) is 0 Å². The molecular formula is C39H75NO8P+. The van der Waals surface area contributed by atoms with E-state index in [1.807, 2.05) is 21.1 Å². The van der Waals surface area contributed by atoms with Gasteiger partial charge in [-0.15, -0.1) is 0 Å². The Labute approximate surface area is 300 Å². The lowest BCUT2D eigenvalue weighted by Crippen LogP contribution is -2.37. The van der Waals surface area contributed by atoms with Crippen molar-refractivity contribution in [2.45, 2.75) is 168 Å². The fourth-order valence-corrected chi connectivity index (χ4v) is 5.79. The van der Waals surface area contributed by atoms with Gasteiger partial charge in [-0.05, 0) is 57.8 Å². The van der Waals surface area contributed by atoms with Crippen molar-refractivity contribution in [3.63, 3.8) is 0 Å². The minimum atomic E-state index is -4.37. The first-order valence-corrected chi connectivity index (χ1v) is 21.1. The molecule has 0 aliphatic rings. The van der Waals surface area contributed by atoms with E-state index in [4.69, 9.17) is 18.5 Å². The van der Waals surface area contributed by atoms with Crippen LogP contribution in [0.1, 0.15) is 162 Å². The number of esters is 2. The lowest BCUT2D eigenvalue weighted by Gasteiger charge is -2.24. The highest BCUT2D eigenvalue weighted by Crippen LogP contribution is 2.43. The van der Waals surface area contributed by atoms with Crippen LogP contribution in [0.4, 0.5) is 0 Å². The minimum absolute atomic E-state index is 0.0296. The summed E-state index contributed by atoms with van der Waals surface area (Å²) in [5.41, 5.74) is 0. The maximum absolute atomic E-state index is 12.6. The first-order chi connectivity index (χ1) is 23.5. The quantitative estimate of drug-likeness (QED) is 0.0227. The van der Waals surface area contributed by atoms with Crippen LogP contribution in [0.3, 0.4) is 0 Å². The van der Waals surface area contributed by atoms with Gasteiger partial charge in [0.2, 0.25) is 0 Å². The van der Waals surface area contributed by atoms with Crippen LogP contribution in [0.25, 0.3) is 0 Å². The topological polar surface area (TPSA) is 108 Å². The molecular weight excluding hydrogens is 641 g/mol. The van der Waals surface area contributed by atoms with Crippen molar-refractivity contribution in [3.8, 4) is 0 Å². The number of carbonyl (C=O) groups is 2. The van der Waals surface area contributed by atoms with Crippen molar-refractivity contribution >= 4 is 19.8 Å². The van der Waals surface area contributed by atoms with Crippen molar-refractivity contribution in [2.24, 2.45) is 0 Å². The van der Waals surface area contributed by atoms with Gasteiger partial charge in [-0.25, -0.2) is 4.57 Å². The first-order valence-electron chi connectivity index (χ1n) is 19.6. The summed E-state index contributed by atoms with van der Waals surface area (Å²) in [6, 6.07) is 0. The molecule has 0 bridgehead atoms. The van der Waals surface area contributed by atoms with Crippen molar-refractivity contribution in [3.05, 3.63) is 24.3 Å². The first kappa shape index (κ1) is 47.5. The van der Waals surface area contributed by atoms with E-state index in [1.54, 1.807) is 0 Å². The molecule has 0 aromatic carbocycles. The average Bonchev–Trinajstić information content (AvgIpc) is 3.04. The Morgan fingerprint density at radius 2 is 1.06 bits per heavy atom. The molecule has 0 saturated heterocycles. The zero-order valence-electron chi connectivity index (χ0n) is 32.2. The van der Waals surface area contributed by atoms with E-state index in [2.05, 4.69) is 38.2 Å². The molecule has 0 saturated carbocycles. The number of quaternary nitrogens is 1. The number of rotatable bonds is 35. The Morgan fingerprint density at radius 1 is 0.612 bits per heavy atom. The maximum Gasteiger partial charge on any atom is 0.472 e. The van der Waals surface area contributed by atoms with Crippen molar-refractivity contribution in [2.75, 3.05) is 47.5 Å². The van der Waals surface area contributed by atoms with E-state index in [0.29, 0.717) is 17.4 Å². The minimum Gasteiger partial charge on any atom is -0.462 e. The maximum atomic E-state index is 12.6. The van der Waals surface area contributed by atoms with Gasteiger partial charge in [0.25, 0.3) is 0 Å². The molecule has 49 heavy (non-hydrogen) atoms. The number of phosphoric ester groups is 1. The smallest absolute Gasteiger partial charge is 0.462 e. The molecule has 0 rings (SSSR count). The molecule has 1 N–H and O–H groups in total. The zero-order valence-corrected chi connectivity index (χ0v) is 33.1. The average molecular weight is 717 g/mol. The molecule has 10 heteroatoms. The normalized spacial score (nSPS) is 14.0. The molecule has 9 nitrogen and oxygen atoms in total. The summed E-state index contributed by atoms with van der Waals surface area (Å²) in [7, 11) is 1.47. The molecule has 0 heterocycles. The van der Waals surface area contributed by atoms with Gasteiger partial charge in [-0.1, -0.05) is 115 Å². The van der Waals surface area contributed by atoms with Gasteiger partial charge in [-0.3, -0.25) is 18.6 Å². The predicted octanol–water partition coefficient (Wildman–Crippen LogP) is 10.4. The predicted molar refractivity (Wildman–Crippen MR) is 201 cm³/mol. The van der Waals surface area contributed by atoms with E-state index in [9.17, 15) is 19.0 Å². The molecule has 0 amide bonds. The van der Waals surface area contributed by atoms with Gasteiger partial charge in [0.1, 0.15) is 19.8 Å². The third-order valence-corrected chi connectivity index (χ3v) is 9.19. The highest BCUT2D eigenvalue weighted by Gasteiger charge is 2.27. The van der Waals surface area contributed by atoms with Crippen LogP contribution < -0.4 is 0 Å². The van der Waals surface area contributed by atoms with Crippen molar-refractivity contribution in [1.82, 2.24) is 0 Å². The third-order valence-electron chi connectivity index (χ3n) is 8.20. The van der Waals surface area contributed by atoms with Crippen LogP contribution in [-0.2, 0) is 32.7 Å². The summed E-state index contributed by atoms with van der Waals surface area (Å²) in [6.07, 6.45) is 32.2. The molecule has 0 aliphatic heterocycles. The standard InChI is InChI=1S/C39H74NO8P/c1-6-8-10-12-14-16-18-19-20-22-24-26-28-30-32-39(42)48-37(36-47-49(43,44)46-34-33-40(3,4)5)35-45-38(41)31-29-27-25-23-21-17-15-13-11-9-7-2/h13,15,18-19,37H,6-12,14,16-17,20-36H2,1-5H3/p+1/b15-13+,19-18+/t37-/m1/s1. The largest absolute Gasteiger partial charge is 0.472 e. The van der Waals surface area contributed by atoms with Crippen LogP contribution in [0, 0.1) is 0 Å². The van der Waals surface area contributed by atoms with E-state index < -0.39 is 26.5 Å². The molecule has 288 valence electrons. The van der Waals surface area contributed by atoms with Crippen LogP contribution in [0.2, 0.25) is 0 Å². The van der Waals surface area contributed by atoms with Crippen molar-refractivity contribution in [1.29, 1.82) is 0 Å². The summed E-state index contributed by atoms with van der Waals surface area (Å²) in [6.45, 7) is 4.34. The number of nitrogens with zero attached hydrogens (tertiary/aromatic N) is 1.